The SMILES string of the molecule is CC(C)(C)c1ccc2c(c1)C1(c3cc(C(C)(C)C)ccc3S2)c2ccccc2-c2ccc(N(c3ccc4c(c3)C3(c5ccccc5-4)c4cc(C(C)(C)C)ccc4-c4ccc(C(C)(C)C)cc43)c3cccc4ccccc34)cc21. The van der Waals surface area contributed by atoms with Crippen LogP contribution in [0.15, 0.2) is 210 Å². The van der Waals surface area contributed by atoms with Gasteiger partial charge in [0.25, 0.3) is 0 Å². The van der Waals surface area contributed by atoms with Crippen LogP contribution in [0.1, 0.15) is 150 Å². The van der Waals surface area contributed by atoms with E-state index in [1.165, 1.54) is 121 Å². The van der Waals surface area contributed by atoms with Gasteiger partial charge >= 0.3 is 0 Å². The first-order valence-corrected chi connectivity index (χ1v) is 29.0. The first kappa shape index (κ1) is 48.9. The second kappa shape index (κ2) is 16.6. The summed E-state index contributed by atoms with van der Waals surface area (Å²) in [4.78, 5) is 5.24. The van der Waals surface area contributed by atoms with Crippen molar-refractivity contribution in [3.8, 4) is 33.4 Å². The molecule has 2 spiro atoms. The van der Waals surface area contributed by atoms with Crippen LogP contribution < -0.4 is 4.90 Å². The standard InChI is InChI=1S/C76H69NS/c1-71(2,3)47-28-34-56-57-35-29-48(72(4,5)6)41-63(57)75(62(56)40-47)60-25-17-15-23-54(60)58-36-32-51(44-64(58)75)77(68-27-19-21-46-20-13-14-22-53(46)68)52-33-37-59-55-24-16-18-26-61(55)76(65(59)45-52)66-42-49(73(7,8)9)30-38-69(66)78-70-39-31-50(43-67(70)76)74(10,11)12/h13-45H,1-12H3. The van der Waals surface area contributed by atoms with Gasteiger partial charge in [0.15, 0.2) is 0 Å². The van der Waals surface area contributed by atoms with Crippen molar-refractivity contribution < 1.29 is 0 Å². The van der Waals surface area contributed by atoms with Crippen LogP contribution in [-0.2, 0) is 32.5 Å². The minimum atomic E-state index is -0.582. The average Bonchev–Trinajstić information content (AvgIpc) is 2.78. The molecule has 0 saturated carbocycles. The van der Waals surface area contributed by atoms with Gasteiger partial charge in [0.2, 0.25) is 0 Å². The van der Waals surface area contributed by atoms with Crippen LogP contribution in [0.5, 0.6) is 0 Å². The van der Waals surface area contributed by atoms with E-state index in [0.717, 1.165) is 17.1 Å². The van der Waals surface area contributed by atoms with Crippen LogP contribution in [0.2, 0.25) is 0 Å². The normalized spacial score (nSPS) is 15.1. The van der Waals surface area contributed by atoms with Crippen molar-refractivity contribution in [2.45, 2.75) is 125 Å². The Kier molecular flexibility index (Phi) is 10.4. The van der Waals surface area contributed by atoms with E-state index in [-0.39, 0.29) is 21.7 Å². The summed E-state index contributed by atoms with van der Waals surface area (Å²) in [5.41, 5.74) is 26.3. The largest absolute Gasteiger partial charge is 0.310 e. The van der Waals surface area contributed by atoms with E-state index in [9.17, 15) is 0 Å². The summed E-state index contributed by atoms with van der Waals surface area (Å²) in [6.45, 7) is 28.3. The first-order valence-electron chi connectivity index (χ1n) is 28.2. The summed E-state index contributed by atoms with van der Waals surface area (Å²) in [5, 5.41) is 2.43. The number of rotatable bonds is 3. The molecular weight excluding hydrogens is 959 g/mol. The molecule has 0 atom stereocenters. The highest BCUT2D eigenvalue weighted by molar-refractivity contribution is 7.99. The van der Waals surface area contributed by atoms with E-state index >= 15 is 0 Å². The number of hydrogen-bond donors (Lipinski definition) is 0. The zero-order valence-corrected chi connectivity index (χ0v) is 48.2. The Morgan fingerprint density at radius 2 is 0.641 bits per heavy atom. The molecule has 10 aromatic carbocycles. The first-order chi connectivity index (χ1) is 37.2. The summed E-state index contributed by atoms with van der Waals surface area (Å²) in [6.07, 6.45) is 0. The van der Waals surface area contributed by atoms with Gasteiger partial charge in [-0.05, 0) is 170 Å². The molecular formula is C76H69NS. The maximum Gasteiger partial charge on any atom is 0.0736 e. The van der Waals surface area contributed by atoms with Crippen molar-refractivity contribution in [3.05, 3.63) is 267 Å². The molecule has 3 aliphatic carbocycles. The molecule has 0 bridgehead atoms. The molecule has 14 rings (SSSR count). The van der Waals surface area contributed by atoms with E-state index < -0.39 is 10.8 Å². The maximum atomic E-state index is 2.60. The van der Waals surface area contributed by atoms with Crippen molar-refractivity contribution in [3.63, 3.8) is 0 Å². The Bertz CT molecular complexity index is 4040. The van der Waals surface area contributed by atoms with E-state index in [4.69, 9.17) is 0 Å². The van der Waals surface area contributed by atoms with Crippen LogP contribution in [0.25, 0.3) is 44.2 Å². The second-order valence-corrected chi connectivity index (χ2v) is 28.0. The topological polar surface area (TPSA) is 3.24 Å². The predicted octanol–water partition coefficient (Wildman–Crippen LogP) is 20.7. The Morgan fingerprint density at radius 3 is 1.10 bits per heavy atom. The lowest BCUT2D eigenvalue weighted by Crippen LogP contribution is -2.33. The third-order valence-electron chi connectivity index (χ3n) is 18.2. The molecule has 4 aliphatic rings. The smallest absolute Gasteiger partial charge is 0.0736 e. The molecule has 0 saturated heterocycles. The lowest BCUT2D eigenvalue weighted by Gasteiger charge is -2.41. The van der Waals surface area contributed by atoms with Crippen molar-refractivity contribution >= 4 is 39.6 Å². The highest BCUT2D eigenvalue weighted by Crippen LogP contribution is 2.66. The molecule has 0 radical (unpaired) electrons. The fourth-order valence-electron chi connectivity index (χ4n) is 14.1. The lowest BCUT2D eigenvalue weighted by molar-refractivity contribution is 0.581. The van der Waals surface area contributed by atoms with Gasteiger partial charge in [-0.15, -0.1) is 0 Å². The Morgan fingerprint density at radius 1 is 0.295 bits per heavy atom. The van der Waals surface area contributed by atoms with Crippen LogP contribution >= 0.6 is 11.8 Å². The Balaban J connectivity index is 1.08. The van der Waals surface area contributed by atoms with Gasteiger partial charge in [-0.25, -0.2) is 0 Å². The van der Waals surface area contributed by atoms with Gasteiger partial charge in [-0.1, -0.05) is 253 Å². The quantitative estimate of drug-likeness (QED) is 0.173. The van der Waals surface area contributed by atoms with Gasteiger partial charge in [0.05, 0.1) is 16.5 Å². The van der Waals surface area contributed by atoms with Gasteiger partial charge in [0, 0.05) is 26.6 Å². The molecule has 10 aromatic rings. The zero-order valence-electron chi connectivity index (χ0n) is 47.4. The van der Waals surface area contributed by atoms with E-state index in [0.29, 0.717) is 0 Å². The third kappa shape index (κ3) is 6.87. The molecule has 0 aromatic heterocycles. The molecule has 0 unspecified atom stereocenters. The zero-order chi connectivity index (χ0) is 54.1. The van der Waals surface area contributed by atoms with Crippen molar-refractivity contribution in [2.24, 2.45) is 0 Å². The fraction of sp³-hybridized carbons (Fsp3) is 0.237. The Labute approximate surface area is 467 Å². The Hall–Kier alpha value is -7.39. The average molecular weight is 1030 g/mol. The molecule has 0 N–H and O–H groups in total. The van der Waals surface area contributed by atoms with Crippen molar-refractivity contribution in [2.75, 3.05) is 4.90 Å². The molecule has 0 amide bonds. The molecule has 1 heterocycles. The van der Waals surface area contributed by atoms with E-state index in [1.807, 2.05) is 11.8 Å². The fourth-order valence-corrected chi connectivity index (χ4v) is 15.2. The van der Waals surface area contributed by atoms with Gasteiger partial charge < -0.3 is 4.90 Å². The number of nitrogens with zero attached hydrogens (tertiary/aromatic N) is 1. The highest BCUT2D eigenvalue weighted by atomic mass is 32.2. The maximum absolute atomic E-state index is 2.60. The van der Waals surface area contributed by atoms with Crippen molar-refractivity contribution in [1.82, 2.24) is 0 Å². The predicted molar refractivity (Wildman–Crippen MR) is 331 cm³/mol. The monoisotopic (exact) mass is 1030 g/mol. The number of fused-ring (bicyclic) bond motifs is 20. The molecule has 1 nitrogen and oxygen atoms in total. The van der Waals surface area contributed by atoms with Gasteiger partial charge in [-0.2, -0.15) is 0 Å². The van der Waals surface area contributed by atoms with E-state index in [1.54, 1.807) is 0 Å². The molecule has 0 fully saturated rings. The van der Waals surface area contributed by atoms with Crippen molar-refractivity contribution in [1.29, 1.82) is 0 Å². The lowest BCUT2D eigenvalue weighted by atomic mass is 9.65. The van der Waals surface area contributed by atoms with Crippen LogP contribution in [0, 0.1) is 0 Å². The van der Waals surface area contributed by atoms with Gasteiger partial charge in [0.1, 0.15) is 0 Å². The number of benzene rings is 10. The number of anilines is 3. The summed E-state index contributed by atoms with van der Waals surface area (Å²) >= 11 is 1.94. The second-order valence-electron chi connectivity index (χ2n) is 26.9. The summed E-state index contributed by atoms with van der Waals surface area (Å²) < 4.78 is 0. The summed E-state index contributed by atoms with van der Waals surface area (Å²) in [5.74, 6) is 0. The van der Waals surface area contributed by atoms with Gasteiger partial charge in [-0.3, -0.25) is 0 Å². The van der Waals surface area contributed by atoms with Crippen LogP contribution in [0.4, 0.5) is 17.1 Å². The van der Waals surface area contributed by atoms with Crippen LogP contribution in [-0.4, -0.2) is 0 Å². The summed E-state index contributed by atoms with van der Waals surface area (Å²) in [6, 6.07) is 78.8. The molecule has 1 aliphatic heterocycles. The molecule has 384 valence electrons. The van der Waals surface area contributed by atoms with E-state index in [2.05, 4.69) is 288 Å². The third-order valence-corrected chi connectivity index (χ3v) is 19.3. The highest BCUT2D eigenvalue weighted by Gasteiger charge is 2.54. The number of hydrogen-bond acceptors (Lipinski definition) is 2. The molecule has 78 heavy (non-hydrogen) atoms. The summed E-state index contributed by atoms with van der Waals surface area (Å²) in [7, 11) is 0. The molecule has 2 heteroatoms. The minimum Gasteiger partial charge on any atom is -0.310 e. The van der Waals surface area contributed by atoms with Crippen LogP contribution in [0.3, 0.4) is 0 Å². The minimum absolute atomic E-state index is 0.0409.